The van der Waals surface area contributed by atoms with E-state index in [1.807, 2.05) is 23.1 Å². The van der Waals surface area contributed by atoms with E-state index in [0.717, 1.165) is 85.9 Å². The molecule has 4 rings (SSSR count). The molecule has 8 heteroatoms. The van der Waals surface area contributed by atoms with Gasteiger partial charge in [0.2, 0.25) is 0 Å². The summed E-state index contributed by atoms with van der Waals surface area (Å²) in [7, 11) is 4.27. The second-order valence-electron chi connectivity index (χ2n) is 8.92. The van der Waals surface area contributed by atoms with Crippen LogP contribution in [0, 0.1) is 13.8 Å². The van der Waals surface area contributed by atoms with Gasteiger partial charge >= 0.3 is 0 Å². The van der Waals surface area contributed by atoms with Crippen molar-refractivity contribution in [2.45, 2.75) is 24.8 Å². The highest BCUT2D eigenvalue weighted by atomic mass is 32.2. The molecule has 7 nitrogen and oxygen atoms in total. The lowest BCUT2D eigenvalue weighted by atomic mass is 10.1. The van der Waals surface area contributed by atoms with E-state index in [9.17, 15) is 4.79 Å². The number of piperazine rings is 2. The third kappa shape index (κ3) is 5.42. The number of anilines is 1. The van der Waals surface area contributed by atoms with Crippen LogP contribution in [0.4, 0.5) is 5.82 Å². The fourth-order valence-electron chi connectivity index (χ4n) is 4.11. The minimum absolute atomic E-state index is 0.129. The topological polar surface area (TPSA) is 55.8 Å². The van der Waals surface area contributed by atoms with Crippen molar-refractivity contribution in [3.8, 4) is 0 Å². The molecule has 2 aliphatic heterocycles. The van der Waals surface area contributed by atoms with Crippen molar-refractivity contribution in [2.75, 3.05) is 71.4 Å². The fourth-order valence-corrected chi connectivity index (χ4v) is 4.94. The molecule has 1 aromatic heterocycles. The van der Waals surface area contributed by atoms with Gasteiger partial charge in [0.1, 0.15) is 5.82 Å². The second-order valence-corrected chi connectivity index (χ2v) is 9.86. The molecule has 2 aliphatic rings. The van der Waals surface area contributed by atoms with Crippen LogP contribution >= 0.6 is 11.8 Å². The van der Waals surface area contributed by atoms with Crippen LogP contribution in [-0.4, -0.2) is 97.0 Å². The molecule has 2 saturated heterocycles. The van der Waals surface area contributed by atoms with Gasteiger partial charge in [-0.05, 0) is 45.6 Å². The Morgan fingerprint density at radius 3 is 2.28 bits per heavy atom. The maximum absolute atomic E-state index is 12.9. The van der Waals surface area contributed by atoms with Crippen molar-refractivity contribution < 1.29 is 4.79 Å². The van der Waals surface area contributed by atoms with E-state index in [1.165, 1.54) is 5.56 Å². The summed E-state index contributed by atoms with van der Waals surface area (Å²) in [5, 5.41) is 0.804. The van der Waals surface area contributed by atoms with E-state index in [4.69, 9.17) is 9.97 Å². The summed E-state index contributed by atoms with van der Waals surface area (Å²) in [6.07, 6.45) is 0. The second kappa shape index (κ2) is 10.2. The van der Waals surface area contributed by atoms with Crippen molar-refractivity contribution in [1.82, 2.24) is 24.7 Å². The number of likely N-dealkylation sites (N-methyl/N-ethyl adjacent to an activating group) is 2. The van der Waals surface area contributed by atoms with E-state index in [0.29, 0.717) is 0 Å². The number of thioether (sulfide) groups is 1. The van der Waals surface area contributed by atoms with Crippen molar-refractivity contribution in [3.05, 3.63) is 46.6 Å². The monoisotopic (exact) mass is 454 g/mol. The molecule has 172 valence electrons. The molecule has 1 amide bonds. The molecule has 1 aromatic carbocycles. The van der Waals surface area contributed by atoms with E-state index >= 15 is 0 Å². The van der Waals surface area contributed by atoms with Gasteiger partial charge in [-0.2, -0.15) is 0 Å². The number of hydrogen-bond acceptors (Lipinski definition) is 7. The lowest BCUT2D eigenvalue weighted by Crippen LogP contribution is -2.47. The van der Waals surface area contributed by atoms with Crippen LogP contribution in [0.2, 0.25) is 0 Å². The van der Waals surface area contributed by atoms with E-state index in [-0.39, 0.29) is 5.91 Å². The normalized spacial score (nSPS) is 18.2. The van der Waals surface area contributed by atoms with Crippen LogP contribution < -0.4 is 4.90 Å². The third-order valence-corrected chi connectivity index (χ3v) is 7.40. The molecule has 32 heavy (non-hydrogen) atoms. The van der Waals surface area contributed by atoms with Gasteiger partial charge in [0.25, 0.3) is 5.91 Å². The maximum Gasteiger partial charge on any atom is 0.253 e. The molecule has 2 aromatic rings. The first-order valence-corrected chi connectivity index (χ1v) is 12.4. The quantitative estimate of drug-likeness (QED) is 0.508. The number of aromatic nitrogens is 2. The maximum atomic E-state index is 12.9. The molecule has 0 unspecified atom stereocenters. The minimum Gasteiger partial charge on any atom is -0.354 e. The Morgan fingerprint density at radius 1 is 0.938 bits per heavy atom. The Kier molecular flexibility index (Phi) is 7.33. The molecule has 0 N–H and O–H groups in total. The zero-order valence-electron chi connectivity index (χ0n) is 19.7. The van der Waals surface area contributed by atoms with Crippen LogP contribution in [0.1, 0.15) is 27.2 Å². The first-order valence-electron chi connectivity index (χ1n) is 11.4. The average molecular weight is 455 g/mol. The highest BCUT2D eigenvalue weighted by Crippen LogP contribution is 2.27. The Hall–Kier alpha value is -2.16. The van der Waals surface area contributed by atoms with Crippen LogP contribution in [0.3, 0.4) is 0 Å². The minimum atomic E-state index is 0.129. The summed E-state index contributed by atoms with van der Waals surface area (Å²) in [6.45, 7) is 11.7. The van der Waals surface area contributed by atoms with Gasteiger partial charge in [-0.25, -0.2) is 9.97 Å². The number of aryl methyl sites for hydroxylation is 1. The molecule has 0 atom stereocenters. The summed E-state index contributed by atoms with van der Waals surface area (Å²) >= 11 is 1.64. The molecule has 0 bridgehead atoms. The van der Waals surface area contributed by atoms with Crippen LogP contribution in [0.5, 0.6) is 0 Å². The molecule has 0 aliphatic carbocycles. The number of carbonyl (C=O) groups is 1. The molecule has 3 heterocycles. The van der Waals surface area contributed by atoms with Gasteiger partial charge in [-0.1, -0.05) is 23.9 Å². The lowest BCUT2D eigenvalue weighted by molar-refractivity contribution is 0.0664. The van der Waals surface area contributed by atoms with Crippen molar-refractivity contribution in [3.63, 3.8) is 0 Å². The Bertz CT molecular complexity index is 952. The van der Waals surface area contributed by atoms with Crippen molar-refractivity contribution in [1.29, 1.82) is 0 Å². The number of benzene rings is 1. The highest BCUT2D eigenvalue weighted by molar-refractivity contribution is 7.98. The van der Waals surface area contributed by atoms with Gasteiger partial charge in [0, 0.05) is 74.9 Å². The Balaban J connectivity index is 1.43. The molecular formula is C24H34N6OS. The number of carbonyl (C=O) groups excluding carboxylic acids is 1. The average Bonchev–Trinajstić information content (AvgIpc) is 2.80. The SMILES string of the molecule is Cc1nc(SCc2cccc(C(=O)N3CCN(C)CC3)c2)nc(N2CCN(C)CC2)c1C. The largest absolute Gasteiger partial charge is 0.354 e. The van der Waals surface area contributed by atoms with Gasteiger partial charge in [-0.15, -0.1) is 0 Å². The van der Waals surface area contributed by atoms with Gasteiger partial charge in [0.05, 0.1) is 0 Å². The Labute approximate surface area is 195 Å². The Morgan fingerprint density at radius 2 is 1.59 bits per heavy atom. The van der Waals surface area contributed by atoms with Crippen LogP contribution in [-0.2, 0) is 5.75 Å². The molecule has 0 saturated carbocycles. The zero-order chi connectivity index (χ0) is 22.7. The smallest absolute Gasteiger partial charge is 0.253 e. The summed E-state index contributed by atoms with van der Waals surface area (Å²) in [5.41, 5.74) is 4.10. The number of hydrogen-bond donors (Lipinski definition) is 0. The predicted octanol–water partition coefficient (Wildman–Crippen LogP) is 2.53. The number of rotatable bonds is 5. The van der Waals surface area contributed by atoms with Crippen LogP contribution in [0.15, 0.2) is 29.4 Å². The summed E-state index contributed by atoms with van der Waals surface area (Å²) in [6, 6.07) is 8.01. The number of nitrogens with zero attached hydrogens (tertiary/aromatic N) is 6. The number of amides is 1. The van der Waals surface area contributed by atoms with Gasteiger partial charge in [-0.3, -0.25) is 4.79 Å². The third-order valence-electron chi connectivity index (χ3n) is 6.48. The predicted molar refractivity (Wildman–Crippen MR) is 131 cm³/mol. The standard InChI is InChI=1S/C24H34N6OS/c1-18-19(2)25-24(26-22(18)29-12-8-27(3)9-13-29)32-17-20-6-5-7-21(16-20)23(31)30-14-10-28(4)11-15-30/h5-7,16H,8-15,17H2,1-4H3. The zero-order valence-corrected chi connectivity index (χ0v) is 20.5. The van der Waals surface area contributed by atoms with E-state index < -0.39 is 0 Å². The first-order chi connectivity index (χ1) is 15.4. The van der Waals surface area contributed by atoms with Crippen LogP contribution in [0.25, 0.3) is 0 Å². The van der Waals surface area contributed by atoms with E-state index in [1.54, 1.807) is 11.8 Å². The summed E-state index contributed by atoms with van der Waals surface area (Å²) in [5.74, 6) is 1.94. The van der Waals surface area contributed by atoms with Crippen molar-refractivity contribution >= 4 is 23.5 Å². The van der Waals surface area contributed by atoms with Crippen molar-refractivity contribution in [2.24, 2.45) is 0 Å². The molecular weight excluding hydrogens is 420 g/mol. The lowest BCUT2D eigenvalue weighted by Gasteiger charge is -2.34. The fraction of sp³-hybridized carbons (Fsp3) is 0.542. The highest BCUT2D eigenvalue weighted by Gasteiger charge is 2.21. The first kappa shape index (κ1) is 23.0. The summed E-state index contributed by atoms with van der Waals surface area (Å²) in [4.78, 5) is 31.5. The van der Waals surface area contributed by atoms with Gasteiger partial charge in [0.15, 0.2) is 5.16 Å². The molecule has 2 fully saturated rings. The molecule has 0 radical (unpaired) electrons. The molecule has 0 spiro atoms. The van der Waals surface area contributed by atoms with Gasteiger partial charge < -0.3 is 19.6 Å². The summed E-state index contributed by atoms with van der Waals surface area (Å²) < 4.78 is 0. The van der Waals surface area contributed by atoms with E-state index in [2.05, 4.69) is 48.7 Å².